The van der Waals surface area contributed by atoms with Gasteiger partial charge in [0.05, 0.1) is 79.3 Å². The minimum Gasteiger partial charge on any atom is -0.478 e. The molecule has 7 N–H and O–H groups in total. The van der Waals surface area contributed by atoms with Gasteiger partial charge in [-0.15, -0.1) is 26.3 Å². The molecule has 11 aromatic rings. The van der Waals surface area contributed by atoms with E-state index in [9.17, 15) is 50.9 Å². The Kier molecular flexibility index (Phi) is 30.6. The number of aliphatic hydroxyl groups excluding tert-OH is 2. The molecule has 0 aliphatic carbocycles. The predicted molar refractivity (Wildman–Crippen MR) is 493 cm³/mol. The van der Waals surface area contributed by atoms with Crippen molar-refractivity contribution in [2.45, 2.75) is 73.3 Å². The third kappa shape index (κ3) is 24.9. The van der Waals surface area contributed by atoms with Gasteiger partial charge in [0, 0.05) is 116 Å². The Labute approximate surface area is 774 Å². The highest BCUT2D eigenvalue weighted by atomic mass is 19.3. The fourth-order valence-electron chi connectivity index (χ4n) is 15.3. The number of anilines is 8. The number of carbonyl (C=O) groups excluding carboxylic acids is 3. The molecule has 0 radical (unpaired) electrons. The first kappa shape index (κ1) is 95.5. The average molecular weight is 1870 g/mol. The number of rotatable bonds is 26. The van der Waals surface area contributed by atoms with E-state index < -0.39 is 36.6 Å². The molecule has 18 rings (SSSR count). The summed E-state index contributed by atoms with van der Waals surface area (Å²) >= 11 is 0. The number of benzene rings is 7. The molecule has 0 unspecified atom stereocenters. The van der Waals surface area contributed by atoms with E-state index >= 15 is 0 Å². The number of halogens is 6. The van der Waals surface area contributed by atoms with Crippen LogP contribution in [0.1, 0.15) is 80.0 Å². The van der Waals surface area contributed by atoms with Gasteiger partial charge in [0.25, 0.3) is 17.7 Å². The number of fused-ring (bicyclic) bond motifs is 3. The highest BCUT2D eigenvalue weighted by Gasteiger charge is 2.46. The Bertz CT molecular complexity index is 5590. The minimum atomic E-state index is -3.76. The number of aromatic nitrogens is 4. The minimum absolute atomic E-state index is 0.107. The number of aryl methyl sites for hydroxylation is 4. The second-order valence-electron chi connectivity index (χ2n) is 32.0. The van der Waals surface area contributed by atoms with Crippen LogP contribution in [-0.4, -0.2) is 212 Å². The first-order valence-electron chi connectivity index (χ1n) is 44.1. The zero-order chi connectivity index (χ0) is 94.9. The van der Waals surface area contributed by atoms with E-state index in [2.05, 4.69) is 98.8 Å². The standard InChI is InChI=1S/C27H27F2N3O5.2C26H25F2N3O6.C19H25N3O2/c1-3-10-35-25-15-19(14-24(31-25)32-8-11-34-12-9-32)21-16-20(6-4-17(21)2)30-26(33)18-5-7-22-23(13-18)37-27(28,29)36-22;2*1-16-2-4-19(29-25(33)17-3-5-21-22(12-17)37-26(27,28)36-21)15-20(16)18-13-23(31-6-9-34-10-7-31)30-24(14-18)35-11-8-32;1-3-8-24-19-12-15(17-13-16(20)5-4-14(17)2)11-18(21-19)22-6-9-23-10-7-22/h4-7,13-16H,3,8-12H2,1-2H3,(H,30,33);2*2-5,12-15,32H,6-11H2,1H3,(H,29,33);4-5,11-13H,3,6-10,20H2,1-2H3. The van der Waals surface area contributed by atoms with Gasteiger partial charge in [0.1, 0.15) is 36.5 Å². The number of hydrogen-bond acceptors (Lipinski definition) is 28. The largest absolute Gasteiger partial charge is 0.586 e. The SMILES string of the molecule is CCCOc1cc(-c2cc(N)ccc2C)cc(N2CCOCC2)n1.CCCOc1cc(-c2cc(NC(=O)c3ccc4c(c3)OC(F)(F)O4)ccc2C)cc(N2CCOCC2)n1.Cc1ccc(NC(=O)c2ccc3c(c2)OC(F)(F)O3)cc1-c1cc(OCCO)nc(N2CCOCC2)c1.Cc1ccc(NC(=O)c2ccc3c(c2)OC(F)(F)O3)cc1-c1cc(OCCO)nc(N2CCOCC2)c1. The van der Waals surface area contributed by atoms with Crippen molar-refractivity contribution in [3.05, 3.63) is 215 Å². The summed E-state index contributed by atoms with van der Waals surface area (Å²) in [6.07, 6.45) is -9.44. The Morgan fingerprint density at radius 3 is 0.859 bits per heavy atom. The van der Waals surface area contributed by atoms with Crippen molar-refractivity contribution in [2.75, 3.05) is 186 Å². The Morgan fingerprint density at radius 2 is 0.593 bits per heavy atom. The summed E-state index contributed by atoms with van der Waals surface area (Å²) < 4.78 is 151. The smallest absolute Gasteiger partial charge is 0.478 e. The highest BCUT2D eigenvalue weighted by molar-refractivity contribution is 6.07. The van der Waals surface area contributed by atoms with E-state index in [4.69, 9.17) is 48.6 Å². The number of pyridine rings is 4. The third-order valence-electron chi connectivity index (χ3n) is 22.1. The Balaban J connectivity index is 0.000000139. The molecule has 11 heterocycles. The maximum Gasteiger partial charge on any atom is 0.586 e. The number of carbonyl (C=O) groups is 3. The zero-order valence-electron chi connectivity index (χ0n) is 75.0. The van der Waals surface area contributed by atoms with Crippen molar-refractivity contribution in [1.29, 1.82) is 0 Å². The number of morpholine rings is 4. The van der Waals surface area contributed by atoms with Gasteiger partial charge in [-0.05, 0) is 235 Å². The van der Waals surface area contributed by atoms with Gasteiger partial charge in [-0.2, -0.15) is 19.9 Å². The van der Waals surface area contributed by atoms with E-state index in [1.165, 1.54) is 60.2 Å². The number of hydrogen-bond donors (Lipinski definition) is 6. The van der Waals surface area contributed by atoms with Crippen LogP contribution in [0.15, 0.2) is 176 Å². The molecular weight excluding hydrogens is 1760 g/mol. The number of aliphatic hydroxyl groups is 2. The van der Waals surface area contributed by atoms with Gasteiger partial charge in [0.2, 0.25) is 23.5 Å². The fourth-order valence-corrected chi connectivity index (χ4v) is 15.3. The molecule has 3 amide bonds. The summed E-state index contributed by atoms with van der Waals surface area (Å²) in [6, 6.07) is 49.6. The average Bonchev–Trinajstić information content (AvgIpc) is 1.63. The molecule has 4 aromatic heterocycles. The van der Waals surface area contributed by atoms with Gasteiger partial charge in [-0.25, -0.2) is 0 Å². The van der Waals surface area contributed by atoms with Crippen molar-refractivity contribution in [3.8, 4) is 103 Å². The monoisotopic (exact) mass is 1860 g/mol. The van der Waals surface area contributed by atoms with E-state index in [0.29, 0.717) is 120 Å². The summed E-state index contributed by atoms with van der Waals surface area (Å²) in [4.78, 5) is 65.8. The lowest BCUT2D eigenvalue weighted by atomic mass is 10.00. The lowest BCUT2D eigenvalue weighted by Crippen LogP contribution is -2.36. The van der Waals surface area contributed by atoms with Crippen LogP contribution in [-0.2, 0) is 18.9 Å². The van der Waals surface area contributed by atoms with Crippen LogP contribution in [0.5, 0.6) is 58.0 Å². The molecule has 31 nitrogen and oxygen atoms in total. The maximum absolute atomic E-state index is 13.3. The van der Waals surface area contributed by atoms with Crippen LogP contribution in [0.3, 0.4) is 0 Å². The van der Waals surface area contributed by atoms with Gasteiger partial charge in [-0.1, -0.05) is 38.1 Å². The molecule has 0 bridgehead atoms. The summed E-state index contributed by atoms with van der Waals surface area (Å²) in [5, 5.41) is 26.8. The second kappa shape index (κ2) is 43.3. The van der Waals surface area contributed by atoms with E-state index in [0.717, 1.165) is 142 Å². The number of ether oxygens (including phenoxy) is 14. The first-order chi connectivity index (χ1) is 65.1. The molecule has 37 heteroatoms. The fraction of sp³-hybridized carbons (Fsp3) is 0.337. The molecule has 0 saturated carbocycles. The summed E-state index contributed by atoms with van der Waals surface area (Å²) in [7, 11) is 0. The van der Waals surface area contributed by atoms with E-state index in [-0.39, 0.29) is 77.6 Å². The molecule has 0 spiro atoms. The maximum atomic E-state index is 13.3. The van der Waals surface area contributed by atoms with E-state index in [1.54, 1.807) is 30.3 Å². The van der Waals surface area contributed by atoms with Crippen LogP contribution in [0.2, 0.25) is 0 Å². The van der Waals surface area contributed by atoms with Gasteiger partial charge in [-0.3, -0.25) is 14.4 Å². The number of amides is 3. The Morgan fingerprint density at radius 1 is 0.341 bits per heavy atom. The van der Waals surface area contributed by atoms with Crippen LogP contribution in [0, 0.1) is 27.7 Å². The molecule has 0 atom stereocenters. The third-order valence-corrected chi connectivity index (χ3v) is 22.1. The molecule has 710 valence electrons. The lowest BCUT2D eigenvalue weighted by Gasteiger charge is -2.28. The van der Waals surface area contributed by atoms with Crippen molar-refractivity contribution in [3.63, 3.8) is 0 Å². The number of nitrogens with two attached hydrogens (primary N) is 1. The number of alkyl halides is 6. The van der Waals surface area contributed by atoms with E-state index in [1.807, 2.05) is 113 Å². The van der Waals surface area contributed by atoms with Crippen LogP contribution < -0.4 is 88.7 Å². The molecule has 7 aliphatic rings. The predicted octanol–water partition coefficient (Wildman–Crippen LogP) is 16.2. The van der Waals surface area contributed by atoms with Gasteiger partial charge >= 0.3 is 18.9 Å². The quantitative estimate of drug-likeness (QED) is 0.0217. The molecule has 135 heavy (non-hydrogen) atoms. The highest BCUT2D eigenvalue weighted by Crippen LogP contribution is 2.46. The van der Waals surface area contributed by atoms with Crippen LogP contribution >= 0.6 is 0 Å². The normalized spacial score (nSPS) is 15.7. The zero-order valence-corrected chi connectivity index (χ0v) is 75.0. The van der Waals surface area contributed by atoms with Gasteiger partial charge in [0.15, 0.2) is 34.5 Å². The topological polar surface area (TPSA) is 348 Å². The summed E-state index contributed by atoms with van der Waals surface area (Å²) in [5.41, 5.74) is 20.2. The van der Waals surface area contributed by atoms with Crippen LogP contribution in [0.25, 0.3) is 44.5 Å². The Hall–Kier alpha value is -14.1. The van der Waals surface area contributed by atoms with Crippen molar-refractivity contribution in [2.24, 2.45) is 0 Å². The molecule has 7 aromatic carbocycles. The number of nitrogens with zero attached hydrogens (tertiary/aromatic N) is 8. The molecular formula is C98H102F6N12O19. The summed E-state index contributed by atoms with van der Waals surface area (Å²) in [6.45, 7) is 24.3. The van der Waals surface area contributed by atoms with Crippen molar-refractivity contribution < 1.29 is 117 Å². The van der Waals surface area contributed by atoms with Crippen LogP contribution in [0.4, 0.5) is 72.4 Å². The number of nitrogens with one attached hydrogen (secondary N) is 3. The molecule has 7 aliphatic heterocycles. The lowest BCUT2D eigenvalue weighted by molar-refractivity contribution is -0.287. The van der Waals surface area contributed by atoms with Crippen molar-refractivity contribution in [1.82, 2.24) is 19.9 Å². The van der Waals surface area contributed by atoms with Gasteiger partial charge < -0.3 is 118 Å². The first-order valence-corrected chi connectivity index (χ1v) is 44.1. The molecule has 4 fully saturated rings. The van der Waals surface area contributed by atoms with Crippen molar-refractivity contribution >= 4 is 63.7 Å². The summed E-state index contributed by atoms with van der Waals surface area (Å²) in [5.74, 6) is 2.70. The molecule has 4 saturated heterocycles. The number of nitrogen functional groups attached to an aromatic ring is 1. The second-order valence-corrected chi connectivity index (χ2v) is 32.0.